The Hall–Kier alpha value is -3.58. The Labute approximate surface area is 202 Å². The van der Waals surface area contributed by atoms with Crippen LogP contribution in [0.1, 0.15) is 35.3 Å². The van der Waals surface area contributed by atoms with Crippen molar-refractivity contribution in [3.8, 4) is 5.75 Å². The third kappa shape index (κ3) is 4.43. The first-order valence-corrected chi connectivity index (χ1v) is 12.1. The van der Waals surface area contributed by atoms with Crippen molar-refractivity contribution in [1.82, 2.24) is 9.55 Å². The minimum atomic E-state index is -0.607. The van der Waals surface area contributed by atoms with E-state index in [1.165, 1.54) is 11.8 Å². The third-order valence-corrected chi connectivity index (χ3v) is 7.08. The molecule has 1 aromatic heterocycles. The molecule has 1 aliphatic rings. The van der Waals surface area contributed by atoms with Crippen LogP contribution in [0.2, 0.25) is 0 Å². The number of ether oxygens (including phenoxy) is 1. The van der Waals surface area contributed by atoms with Gasteiger partial charge >= 0.3 is 0 Å². The third-order valence-electron chi connectivity index (χ3n) is 5.86. The quantitative estimate of drug-likeness (QED) is 0.284. The molecule has 1 unspecified atom stereocenters. The number of methoxy groups -OCH3 is 1. The number of carbonyl (C=O) groups is 1. The Morgan fingerprint density at radius 1 is 1.09 bits per heavy atom. The Bertz CT molecular complexity index is 1410. The van der Waals surface area contributed by atoms with Gasteiger partial charge in [-0.15, -0.1) is 0 Å². The summed E-state index contributed by atoms with van der Waals surface area (Å²) >= 11 is 1.31. The number of benzene rings is 3. The highest BCUT2D eigenvalue weighted by molar-refractivity contribution is 8.00. The van der Waals surface area contributed by atoms with E-state index in [0.29, 0.717) is 27.5 Å². The van der Waals surface area contributed by atoms with Gasteiger partial charge in [0.2, 0.25) is 5.91 Å². The average Bonchev–Trinajstić information content (AvgIpc) is 3.68. The number of fused-ring (bicyclic) bond motifs is 1. The maximum Gasteiger partial charge on any atom is 0.262 e. The highest BCUT2D eigenvalue weighted by Gasteiger charge is 2.32. The molecule has 0 radical (unpaired) electrons. The maximum atomic E-state index is 13.6. The molecule has 0 bridgehead atoms. The van der Waals surface area contributed by atoms with Crippen LogP contribution in [-0.4, -0.2) is 22.6 Å². The number of anilines is 1. The predicted molar refractivity (Wildman–Crippen MR) is 136 cm³/mol. The smallest absolute Gasteiger partial charge is 0.262 e. The van der Waals surface area contributed by atoms with Crippen LogP contribution in [0.3, 0.4) is 0 Å². The van der Waals surface area contributed by atoms with Crippen molar-refractivity contribution in [1.29, 1.82) is 0 Å². The van der Waals surface area contributed by atoms with E-state index in [1.807, 2.05) is 79.7 Å². The molecule has 0 aliphatic heterocycles. The molecule has 34 heavy (non-hydrogen) atoms. The Morgan fingerprint density at radius 2 is 1.82 bits per heavy atom. The second-order valence-corrected chi connectivity index (χ2v) is 9.49. The molecule has 1 N–H and O–H groups in total. The number of aromatic nitrogens is 2. The number of amides is 1. The molecular weight excluding hydrogens is 446 g/mol. The van der Waals surface area contributed by atoms with E-state index in [2.05, 4.69) is 5.32 Å². The van der Waals surface area contributed by atoms with Gasteiger partial charge in [0.25, 0.3) is 5.56 Å². The summed E-state index contributed by atoms with van der Waals surface area (Å²) in [5, 5.41) is 3.59. The van der Waals surface area contributed by atoms with E-state index < -0.39 is 5.25 Å². The topological polar surface area (TPSA) is 73.2 Å². The van der Waals surface area contributed by atoms with Crippen LogP contribution in [0.4, 0.5) is 5.69 Å². The fourth-order valence-electron chi connectivity index (χ4n) is 3.99. The van der Waals surface area contributed by atoms with Crippen molar-refractivity contribution in [3.63, 3.8) is 0 Å². The second-order valence-electron chi connectivity index (χ2n) is 8.42. The molecule has 7 heteroatoms. The van der Waals surface area contributed by atoms with Gasteiger partial charge in [-0.1, -0.05) is 60.3 Å². The summed E-state index contributed by atoms with van der Waals surface area (Å²) in [6, 6.07) is 22.7. The molecule has 1 saturated carbocycles. The summed E-state index contributed by atoms with van der Waals surface area (Å²) in [5.41, 5.74) is 3.04. The summed E-state index contributed by atoms with van der Waals surface area (Å²) in [6.07, 6.45) is 1.88. The van der Waals surface area contributed by atoms with Crippen LogP contribution in [0, 0.1) is 6.92 Å². The van der Waals surface area contributed by atoms with Crippen molar-refractivity contribution in [2.24, 2.45) is 0 Å². The first-order valence-electron chi connectivity index (χ1n) is 11.2. The first kappa shape index (κ1) is 22.2. The number of rotatable bonds is 7. The highest BCUT2D eigenvalue weighted by atomic mass is 32.2. The molecule has 4 aromatic rings. The lowest BCUT2D eigenvalue weighted by atomic mass is 10.1. The van der Waals surface area contributed by atoms with Crippen LogP contribution in [-0.2, 0) is 4.79 Å². The lowest BCUT2D eigenvalue weighted by Gasteiger charge is -2.20. The summed E-state index contributed by atoms with van der Waals surface area (Å²) < 4.78 is 7.22. The summed E-state index contributed by atoms with van der Waals surface area (Å²) in [7, 11) is 1.58. The molecule has 5 rings (SSSR count). The lowest BCUT2D eigenvalue weighted by Crippen LogP contribution is -2.25. The molecule has 3 aromatic carbocycles. The molecule has 1 atom stereocenters. The summed E-state index contributed by atoms with van der Waals surface area (Å²) in [4.78, 5) is 31.8. The molecule has 6 nitrogen and oxygen atoms in total. The van der Waals surface area contributed by atoms with E-state index >= 15 is 0 Å². The number of hydrogen-bond donors (Lipinski definition) is 1. The number of para-hydroxylation sites is 1. The second kappa shape index (κ2) is 9.35. The molecule has 0 saturated heterocycles. The molecule has 1 fully saturated rings. The number of nitrogens with one attached hydrogen (secondary N) is 1. The summed E-state index contributed by atoms with van der Waals surface area (Å²) in [5.74, 6) is 0.388. The fourth-order valence-corrected chi connectivity index (χ4v) is 5.15. The Balaban J connectivity index is 1.56. The van der Waals surface area contributed by atoms with Crippen molar-refractivity contribution in [3.05, 3.63) is 94.3 Å². The van der Waals surface area contributed by atoms with Gasteiger partial charge in [0.15, 0.2) is 5.16 Å². The van der Waals surface area contributed by atoms with Gasteiger partial charge in [-0.05, 0) is 55.2 Å². The molecule has 1 heterocycles. The van der Waals surface area contributed by atoms with E-state index in [4.69, 9.17) is 9.72 Å². The lowest BCUT2D eigenvalue weighted by molar-refractivity contribution is -0.115. The van der Waals surface area contributed by atoms with Crippen LogP contribution < -0.4 is 15.6 Å². The normalized spacial score (nSPS) is 14.1. The van der Waals surface area contributed by atoms with Crippen molar-refractivity contribution < 1.29 is 9.53 Å². The Kier molecular flexibility index (Phi) is 6.11. The van der Waals surface area contributed by atoms with Gasteiger partial charge in [0.05, 0.1) is 23.7 Å². The number of carbonyl (C=O) groups excluding carboxylic acids is 1. The van der Waals surface area contributed by atoms with Crippen molar-refractivity contribution in [2.45, 2.75) is 36.2 Å². The highest BCUT2D eigenvalue weighted by Crippen LogP contribution is 2.41. The number of hydrogen-bond acceptors (Lipinski definition) is 5. The minimum absolute atomic E-state index is 0.0526. The van der Waals surface area contributed by atoms with Crippen LogP contribution in [0.15, 0.2) is 82.7 Å². The van der Waals surface area contributed by atoms with Gasteiger partial charge in [-0.3, -0.25) is 14.2 Å². The molecular formula is C27H25N3O3S. The zero-order chi connectivity index (χ0) is 23.7. The van der Waals surface area contributed by atoms with Gasteiger partial charge in [0.1, 0.15) is 11.0 Å². The zero-order valence-corrected chi connectivity index (χ0v) is 19.8. The van der Waals surface area contributed by atoms with Gasteiger partial charge in [-0.2, -0.15) is 0 Å². The molecule has 1 amide bonds. The SMILES string of the molecule is COc1ccc(C)cc1NC(=O)C(Sc1nc2ccccc2c(=O)n1C1CC1)c1ccccc1. The van der Waals surface area contributed by atoms with Gasteiger partial charge < -0.3 is 10.1 Å². The molecule has 0 spiro atoms. The van der Waals surface area contributed by atoms with Crippen LogP contribution in [0.5, 0.6) is 5.75 Å². The first-order chi connectivity index (χ1) is 16.5. The maximum absolute atomic E-state index is 13.6. The van der Waals surface area contributed by atoms with Crippen LogP contribution >= 0.6 is 11.8 Å². The minimum Gasteiger partial charge on any atom is -0.495 e. The number of thioether (sulfide) groups is 1. The standard InChI is InChI=1S/C27H25N3O3S/c1-17-12-15-23(33-2)22(16-17)28-25(31)24(18-8-4-3-5-9-18)34-27-29-21-11-7-6-10-20(21)26(32)30(27)19-13-14-19/h3-12,15-16,19,24H,13-14H2,1-2H3,(H,28,31). The monoisotopic (exact) mass is 471 g/mol. The summed E-state index contributed by atoms with van der Waals surface area (Å²) in [6.45, 7) is 1.96. The molecule has 1 aliphatic carbocycles. The van der Waals surface area contributed by atoms with Gasteiger partial charge in [-0.25, -0.2) is 4.98 Å². The average molecular weight is 472 g/mol. The van der Waals surface area contributed by atoms with Crippen molar-refractivity contribution >= 4 is 34.3 Å². The Morgan fingerprint density at radius 3 is 2.56 bits per heavy atom. The predicted octanol–water partition coefficient (Wildman–Crippen LogP) is 5.52. The van der Waals surface area contributed by atoms with E-state index in [0.717, 1.165) is 24.0 Å². The number of aryl methyl sites for hydroxylation is 1. The van der Waals surface area contributed by atoms with E-state index in [-0.39, 0.29) is 17.5 Å². The van der Waals surface area contributed by atoms with E-state index in [9.17, 15) is 9.59 Å². The molecule has 172 valence electrons. The van der Waals surface area contributed by atoms with Crippen molar-refractivity contribution in [2.75, 3.05) is 12.4 Å². The fraction of sp³-hybridized carbons (Fsp3) is 0.222. The zero-order valence-electron chi connectivity index (χ0n) is 19.0. The van der Waals surface area contributed by atoms with E-state index in [1.54, 1.807) is 11.7 Å². The van der Waals surface area contributed by atoms with Crippen LogP contribution in [0.25, 0.3) is 10.9 Å². The number of nitrogens with zero attached hydrogens (tertiary/aromatic N) is 2. The van der Waals surface area contributed by atoms with Gasteiger partial charge in [0, 0.05) is 6.04 Å². The largest absolute Gasteiger partial charge is 0.495 e.